The van der Waals surface area contributed by atoms with Crippen molar-refractivity contribution in [3.8, 4) is 5.88 Å². The lowest BCUT2D eigenvalue weighted by atomic mass is 10.2. The van der Waals surface area contributed by atoms with Crippen molar-refractivity contribution in [1.29, 1.82) is 0 Å². The summed E-state index contributed by atoms with van der Waals surface area (Å²) >= 11 is 0. The van der Waals surface area contributed by atoms with E-state index in [1.54, 1.807) is 24.0 Å². The van der Waals surface area contributed by atoms with E-state index in [9.17, 15) is 9.50 Å². The summed E-state index contributed by atoms with van der Waals surface area (Å²) in [4.78, 5) is 10.2. The highest BCUT2D eigenvalue weighted by Gasteiger charge is 2.23. The van der Waals surface area contributed by atoms with Gasteiger partial charge in [0.1, 0.15) is 6.10 Å². The third-order valence-corrected chi connectivity index (χ3v) is 4.63. The maximum atomic E-state index is 13.6. The fraction of sp³-hybridized carbons (Fsp3) is 0.412. The molecule has 27 heavy (non-hydrogen) atoms. The Hall–Kier alpha value is -3.01. The number of ether oxygens (including phenoxy) is 1. The molecule has 1 aliphatic heterocycles. The number of aryl methyl sites for hydroxylation is 2. The summed E-state index contributed by atoms with van der Waals surface area (Å²) in [6.45, 7) is 1.92. The van der Waals surface area contributed by atoms with Crippen LogP contribution in [0.15, 0.2) is 24.5 Å². The molecule has 0 fully saturated rings. The van der Waals surface area contributed by atoms with E-state index in [0.29, 0.717) is 37.0 Å². The Morgan fingerprint density at radius 2 is 2.19 bits per heavy atom. The number of hydrogen-bond acceptors (Lipinski definition) is 7. The summed E-state index contributed by atoms with van der Waals surface area (Å²) in [5.74, 6) is -0.274. The summed E-state index contributed by atoms with van der Waals surface area (Å²) in [6.07, 6.45) is 2.72. The third-order valence-electron chi connectivity index (χ3n) is 4.63. The quantitative estimate of drug-likeness (QED) is 0.730. The summed E-state index contributed by atoms with van der Waals surface area (Å²) < 4.78 is 22.1. The second-order valence-electron chi connectivity index (χ2n) is 6.37. The number of rotatable bonds is 4. The molecule has 1 aliphatic rings. The van der Waals surface area contributed by atoms with Crippen molar-refractivity contribution in [3.05, 3.63) is 47.4 Å². The van der Waals surface area contributed by atoms with Gasteiger partial charge in [-0.2, -0.15) is 19.6 Å². The van der Waals surface area contributed by atoms with Crippen LogP contribution in [0, 0.1) is 5.82 Å². The standard InChI is InChI=1S/C17H20FN7O2/c1-23-14(4-5-20-23)15(26)13-8-11-10-24(6-3-7-25(11)22-13)17-19-9-12(18)16(21-17)27-2/h4-5,8-9,15,26H,3,6-7,10H2,1-2H3/t15-/m1/s1. The van der Waals surface area contributed by atoms with E-state index in [1.807, 2.05) is 15.6 Å². The van der Waals surface area contributed by atoms with Crippen molar-refractivity contribution in [2.75, 3.05) is 18.6 Å². The highest BCUT2D eigenvalue weighted by molar-refractivity contribution is 5.35. The molecule has 4 rings (SSSR count). The number of fused-ring (bicyclic) bond motifs is 1. The summed E-state index contributed by atoms with van der Waals surface area (Å²) in [5, 5.41) is 19.3. The zero-order valence-electron chi connectivity index (χ0n) is 15.1. The maximum absolute atomic E-state index is 13.6. The molecule has 0 aliphatic carbocycles. The maximum Gasteiger partial charge on any atom is 0.255 e. The van der Waals surface area contributed by atoms with Gasteiger partial charge in [-0.05, 0) is 18.6 Å². The van der Waals surface area contributed by atoms with Gasteiger partial charge in [-0.3, -0.25) is 9.36 Å². The smallest absolute Gasteiger partial charge is 0.255 e. The van der Waals surface area contributed by atoms with Crippen molar-refractivity contribution >= 4 is 5.95 Å². The lowest BCUT2D eigenvalue weighted by molar-refractivity contribution is 0.203. The summed E-state index contributed by atoms with van der Waals surface area (Å²) in [7, 11) is 3.15. The molecule has 3 aromatic heterocycles. The van der Waals surface area contributed by atoms with Gasteiger partial charge in [0.25, 0.3) is 5.88 Å². The van der Waals surface area contributed by atoms with Gasteiger partial charge in [-0.25, -0.2) is 4.98 Å². The average Bonchev–Trinajstić information content (AvgIpc) is 3.22. The predicted octanol–water partition coefficient (Wildman–Crippen LogP) is 1.05. The van der Waals surface area contributed by atoms with Crippen molar-refractivity contribution in [2.45, 2.75) is 25.6 Å². The number of aliphatic hydroxyl groups is 1. The van der Waals surface area contributed by atoms with Gasteiger partial charge in [0, 0.05) is 26.3 Å². The van der Waals surface area contributed by atoms with Crippen molar-refractivity contribution in [3.63, 3.8) is 0 Å². The summed E-state index contributed by atoms with van der Waals surface area (Å²) in [6, 6.07) is 3.64. The van der Waals surface area contributed by atoms with Gasteiger partial charge in [-0.15, -0.1) is 0 Å². The van der Waals surface area contributed by atoms with E-state index < -0.39 is 11.9 Å². The molecule has 0 bridgehead atoms. The fourth-order valence-corrected chi connectivity index (χ4v) is 3.23. The fourth-order valence-electron chi connectivity index (χ4n) is 3.23. The Balaban J connectivity index is 1.61. The molecule has 0 spiro atoms. The van der Waals surface area contributed by atoms with E-state index in [2.05, 4.69) is 20.2 Å². The minimum atomic E-state index is -0.854. The van der Waals surface area contributed by atoms with E-state index in [4.69, 9.17) is 4.74 Å². The number of methoxy groups -OCH3 is 1. The van der Waals surface area contributed by atoms with Crippen LogP contribution in [0.25, 0.3) is 0 Å². The highest BCUT2D eigenvalue weighted by atomic mass is 19.1. The molecular weight excluding hydrogens is 353 g/mol. The van der Waals surface area contributed by atoms with Crippen LogP contribution < -0.4 is 9.64 Å². The monoisotopic (exact) mass is 373 g/mol. The Morgan fingerprint density at radius 3 is 2.93 bits per heavy atom. The van der Waals surface area contributed by atoms with Crippen LogP contribution in [0.2, 0.25) is 0 Å². The van der Waals surface area contributed by atoms with Crippen molar-refractivity contribution in [2.24, 2.45) is 7.05 Å². The minimum absolute atomic E-state index is 0.0786. The van der Waals surface area contributed by atoms with Crippen LogP contribution in [0.5, 0.6) is 5.88 Å². The number of aliphatic hydroxyl groups excluding tert-OH is 1. The van der Waals surface area contributed by atoms with Crippen LogP contribution >= 0.6 is 0 Å². The Morgan fingerprint density at radius 1 is 1.33 bits per heavy atom. The molecule has 4 heterocycles. The van der Waals surface area contributed by atoms with Gasteiger partial charge in [-0.1, -0.05) is 0 Å². The van der Waals surface area contributed by atoms with Crippen LogP contribution in [-0.2, 0) is 20.1 Å². The number of aromatic nitrogens is 6. The Labute approximate surface area is 155 Å². The molecule has 1 N–H and O–H groups in total. The van der Waals surface area contributed by atoms with Gasteiger partial charge in [0.2, 0.25) is 11.8 Å². The highest BCUT2D eigenvalue weighted by Crippen LogP contribution is 2.25. The molecule has 0 saturated carbocycles. The predicted molar refractivity (Wildman–Crippen MR) is 93.7 cm³/mol. The largest absolute Gasteiger partial charge is 0.479 e. The molecule has 3 aromatic rings. The van der Waals surface area contributed by atoms with E-state index in [0.717, 1.165) is 18.3 Å². The van der Waals surface area contributed by atoms with Crippen LogP contribution in [0.3, 0.4) is 0 Å². The lowest BCUT2D eigenvalue weighted by Gasteiger charge is -2.20. The molecule has 0 unspecified atom stereocenters. The first-order chi connectivity index (χ1) is 13.1. The summed E-state index contributed by atoms with van der Waals surface area (Å²) in [5.41, 5.74) is 2.16. The zero-order chi connectivity index (χ0) is 19.0. The first kappa shape index (κ1) is 17.4. The van der Waals surface area contributed by atoms with E-state index in [-0.39, 0.29) is 5.88 Å². The molecular formula is C17H20FN7O2. The molecule has 0 amide bonds. The topological polar surface area (TPSA) is 94.1 Å². The minimum Gasteiger partial charge on any atom is -0.479 e. The molecule has 0 radical (unpaired) electrons. The number of hydrogen-bond donors (Lipinski definition) is 1. The molecule has 0 aromatic carbocycles. The number of anilines is 1. The van der Waals surface area contributed by atoms with E-state index >= 15 is 0 Å². The van der Waals surface area contributed by atoms with Gasteiger partial charge in [0.05, 0.1) is 36.9 Å². The first-order valence-electron chi connectivity index (χ1n) is 8.61. The molecule has 1 atom stereocenters. The SMILES string of the molecule is COc1nc(N2CCCn3nc([C@@H](O)c4ccnn4C)cc3C2)ncc1F. The Bertz CT molecular complexity index is 955. The normalized spacial score (nSPS) is 15.3. The van der Waals surface area contributed by atoms with Crippen molar-refractivity contribution < 1.29 is 14.2 Å². The van der Waals surface area contributed by atoms with Crippen LogP contribution in [0.4, 0.5) is 10.3 Å². The lowest BCUT2D eigenvalue weighted by Crippen LogP contribution is -2.25. The van der Waals surface area contributed by atoms with E-state index in [1.165, 1.54) is 7.11 Å². The first-order valence-corrected chi connectivity index (χ1v) is 8.61. The number of nitrogens with zero attached hydrogens (tertiary/aromatic N) is 7. The van der Waals surface area contributed by atoms with Crippen molar-refractivity contribution in [1.82, 2.24) is 29.5 Å². The second-order valence-corrected chi connectivity index (χ2v) is 6.37. The molecule has 0 saturated heterocycles. The zero-order valence-corrected chi connectivity index (χ0v) is 15.1. The number of halogens is 1. The molecule has 9 nitrogen and oxygen atoms in total. The molecule has 10 heteroatoms. The van der Waals surface area contributed by atoms with Gasteiger partial charge < -0.3 is 14.7 Å². The second kappa shape index (κ2) is 6.95. The van der Waals surface area contributed by atoms with Gasteiger partial charge >= 0.3 is 0 Å². The van der Waals surface area contributed by atoms with Crippen LogP contribution in [0.1, 0.15) is 29.6 Å². The van der Waals surface area contributed by atoms with Crippen LogP contribution in [-0.4, -0.2) is 48.3 Å². The molecule has 142 valence electrons. The third kappa shape index (κ3) is 3.23. The average molecular weight is 373 g/mol. The van der Waals surface area contributed by atoms with Gasteiger partial charge in [0.15, 0.2) is 0 Å². The Kier molecular flexibility index (Phi) is 4.48.